The number of benzene rings is 3. The molecule has 0 radical (unpaired) electrons. The number of hydrogen-bond donors (Lipinski definition) is 1. The summed E-state index contributed by atoms with van der Waals surface area (Å²) in [7, 11) is 0. The zero-order valence-corrected chi connectivity index (χ0v) is 19.4. The van der Waals surface area contributed by atoms with Gasteiger partial charge in [0.05, 0.1) is 13.2 Å². The molecule has 0 bridgehead atoms. The molecule has 0 unspecified atom stereocenters. The van der Waals surface area contributed by atoms with E-state index in [0.29, 0.717) is 55.0 Å². The van der Waals surface area contributed by atoms with Crippen LogP contribution in [0, 0.1) is 0 Å². The minimum atomic E-state index is -1.44. The van der Waals surface area contributed by atoms with E-state index in [1.165, 1.54) is 0 Å². The molecule has 178 valence electrons. The van der Waals surface area contributed by atoms with E-state index in [9.17, 15) is 5.11 Å². The summed E-state index contributed by atoms with van der Waals surface area (Å²) in [6.45, 7) is 7.41. The molecule has 1 heterocycles. The van der Waals surface area contributed by atoms with E-state index in [0.717, 1.165) is 11.1 Å². The second kappa shape index (κ2) is 11.1. The topological polar surface area (TPSA) is 66.4 Å². The minimum absolute atomic E-state index is 0.0423. The molecule has 0 aliphatic carbocycles. The first-order valence-corrected chi connectivity index (χ1v) is 11.3. The molecule has 6 heteroatoms. The van der Waals surface area contributed by atoms with Gasteiger partial charge < -0.3 is 28.8 Å². The fraction of sp³-hybridized carbons (Fsp3) is 0.286. The molecule has 6 nitrogen and oxygen atoms in total. The van der Waals surface area contributed by atoms with Crippen molar-refractivity contribution in [3.63, 3.8) is 0 Å². The van der Waals surface area contributed by atoms with Crippen molar-refractivity contribution in [1.82, 2.24) is 0 Å². The van der Waals surface area contributed by atoms with Crippen molar-refractivity contribution in [3.05, 3.63) is 90.5 Å². The maximum absolute atomic E-state index is 11.8. The summed E-state index contributed by atoms with van der Waals surface area (Å²) in [5.41, 5.74) is 1.18. The Morgan fingerprint density at radius 2 is 1.12 bits per heavy atom. The van der Waals surface area contributed by atoms with E-state index < -0.39 is 5.60 Å². The first-order valence-electron chi connectivity index (χ1n) is 11.3. The zero-order chi connectivity index (χ0) is 23.8. The summed E-state index contributed by atoms with van der Waals surface area (Å²) in [6.07, 6.45) is 0. The van der Waals surface area contributed by atoms with Gasteiger partial charge in [0.2, 0.25) is 0 Å². The van der Waals surface area contributed by atoms with Gasteiger partial charge in [-0.15, -0.1) is 0 Å². The predicted octanol–water partition coefficient (Wildman–Crippen LogP) is 4.85. The summed E-state index contributed by atoms with van der Waals surface area (Å²) in [6, 6.07) is 22.4. The third-order valence-electron chi connectivity index (χ3n) is 5.52. The van der Waals surface area contributed by atoms with Gasteiger partial charge in [0, 0.05) is 0 Å². The van der Waals surface area contributed by atoms with Crippen LogP contribution in [0.15, 0.2) is 79.4 Å². The van der Waals surface area contributed by atoms with Crippen LogP contribution in [0.5, 0.6) is 23.0 Å². The molecule has 34 heavy (non-hydrogen) atoms. The van der Waals surface area contributed by atoms with E-state index in [1.54, 1.807) is 0 Å². The van der Waals surface area contributed by atoms with Gasteiger partial charge in [-0.3, -0.25) is 0 Å². The van der Waals surface area contributed by atoms with Crippen LogP contribution in [0.25, 0.3) is 5.57 Å². The molecule has 4 rings (SSSR count). The van der Waals surface area contributed by atoms with E-state index >= 15 is 0 Å². The van der Waals surface area contributed by atoms with Crippen LogP contribution in [-0.2, 0) is 10.3 Å². The number of para-hydroxylation sites is 4. The number of aliphatic hydroxyl groups is 1. The van der Waals surface area contributed by atoms with Gasteiger partial charge in [-0.1, -0.05) is 60.7 Å². The molecular formula is C28H30O6. The lowest BCUT2D eigenvalue weighted by atomic mass is 9.93. The molecule has 1 N–H and O–H groups in total. The van der Waals surface area contributed by atoms with E-state index in [4.69, 9.17) is 23.7 Å². The van der Waals surface area contributed by atoms with Crippen molar-refractivity contribution < 1.29 is 28.8 Å². The minimum Gasteiger partial charge on any atom is -0.487 e. The summed E-state index contributed by atoms with van der Waals surface area (Å²) in [5.74, 6) is 2.24. The third-order valence-corrected chi connectivity index (χ3v) is 5.52. The first-order chi connectivity index (χ1) is 16.5. The standard InChI is InChI=1S/C28H30O6/c1-21(2)22-11-13-23(14-12-22)28(29)19-33-26-9-5-3-7-24(26)31-17-15-30-16-18-32-25-8-4-6-10-27(25)34-20-28/h3-14,29H,1,15-20H2,2H3. The fourth-order valence-electron chi connectivity index (χ4n) is 3.57. The molecule has 3 aromatic carbocycles. The maximum Gasteiger partial charge on any atom is 0.161 e. The van der Waals surface area contributed by atoms with Gasteiger partial charge in [0.25, 0.3) is 0 Å². The molecule has 1 aliphatic heterocycles. The largest absolute Gasteiger partial charge is 0.487 e. The number of hydrogen-bond acceptors (Lipinski definition) is 6. The summed E-state index contributed by atoms with van der Waals surface area (Å²) in [5, 5.41) is 11.8. The van der Waals surface area contributed by atoms with Crippen LogP contribution in [0.1, 0.15) is 18.1 Å². The van der Waals surface area contributed by atoms with Gasteiger partial charge in [0.1, 0.15) is 26.4 Å². The summed E-state index contributed by atoms with van der Waals surface area (Å²) in [4.78, 5) is 0. The normalized spacial score (nSPS) is 16.4. The van der Waals surface area contributed by atoms with Crippen molar-refractivity contribution in [2.24, 2.45) is 0 Å². The van der Waals surface area contributed by atoms with E-state index in [-0.39, 0.29) is 13.2 Å². The smallest absolute Gasteiger partial charge is 0.161 e. The molecule has 0 fully saturated rings. The number of ether oxygens (including phenoxy) is 5. The fourth-order valence-corrected chi connectivity index (χ4v) is 3.57. The molecular weight excluding hydrogens is 432 g/mol. The predicted molar refractivity (Wildman–Crippen MR) is 131 cm³/mol. The van der Waals surface area contributed by atoms with Crippen LogP contribution in [0.3, 0.4) is 0 Å². The lowest BCUT2D eigenvalue weighted by molar-refractivity contribution is -0.0463. The molecule has 1 aliphatic rings. The molecule has 0 amide bonds. The average Bonchev–Trinajstić information content (AvgIpc) is 2.86. The van der Waals surface area contributed by atoms with Crippen LogP contribution in [-0.4, -0.2) is 44.7 Å². The van der Waals surface area contributed by atoms with Crippen molar-refractivity contribution >= 4 is 5.57 Å². The van der Waals surface area contributed by atoms with Gasteiger partial charge >= 0.3 is 0 Å². The maximum atomic E-state index is 11.8. The lowest BCUT2D eigenvalue weighted by Gasteiger charge is -2.29. The van der Waals surface area contributed by atoms with Crippen LogP contribution < -0.4 is 18.9 Å². The third kappa shape index (κ3) is 5.90. The van der Waals surface area contributed by atoms with Gasteiger partial charge in [0.15, 0.2) is 28.6 Å². The Balaban J connectivity index is 1.65. The zero-order valence-electron chi connectivity index (χ0n) is 19.4. The summed E-state index contributed by atoms with van der Waals surface area (Å²) < 4.78 is 29.5. The number of fused-ring (bicyclic) bond motifs is 2. The Hall–Kier alpha value is -3.48. The number of allylic oxidation sites excluding steroid dienone is 1. The second-order valence-electron chi connectivity index (χ2n) is 8.17. The monoisotopic (exact) mass is 462 g/mol. The highest BCUT2D eigenvalue weighted by Crippen LogP contribution is 2.32. The van der Waals surface area contributed by atoms with Crippen molar-refractivity contribution in [1.29, 1.82) is 0 Å². The van der Waals surface area contributed by atoms with Crippen LogP contribution in [0.4, 0.5) is 0 Å². The number of rotatable bonds is 2. The Morgan fingerprint density at radius 3 is 1.56 bits per heavy atom. The van der Waals surface area contributed by atoms with Crippen molar-refractivity contribution in [2.45, 2.75) is 12.5 Å². The molecule has 0 saturated carbocycles. The Morgan fingerprint density at radius 1 is 0.676 bits per heavy atom. The first kappa shape index (κ1) is 23.7. The molecule has 0 spiro atoms. The highest BCUT2D eigenvalue weighted by atomic mass is 16.6. The summed E-state index contributed by atoms with van der Waals surface area (Å²) >= 11 is 0. The van der Waals surface area contributed by atoms with Gasteiger partial charge in [-0.25, -0.2) is 0 Å². The quantitative estimate of drug-likeness (QED) is 0.587. The van der Waals surface area contributed by atoms with E-state index in [2.05, 4.69) is 6.58 Å². The van der Waals surface area contributed by atoms with Crippen LogP contribution >= 0.6 is 0 Å². The van der Waals surface area contributed by atoms with Crippen LogP contribution in [0.2, 0.25) is 0 Å². The molecule has 3 aromatic rings. The van der Waals surface area contributed by atoms with Gasteiger partial charge in [-0.05, 0) is 42.3 Å². The highest BCUT2D eigenvalue weighted by Gasteiger charge is 2.33. The van der Waals surface area contributed by atoms with E-state index in [1.807, 2.05) is 79.7 Å². The Labute approximate surface area is 200 Å². The molecule has 0 atom stereocenters. The average molecular weight is 463 g/mol. The SMILES string of the molecule is C=C(C)c1ccc(C2(O)COc3ccccc3OCCOCCOc3ccccc3OC2)cc1. The molecule has 0 saturated heterocycles. The van der Waals surface area contributed by atoms with Crippen molar-refractivity contribution in [2.75, 3.05) is 39.6 Å². The lowest BCUT2D eigenvalue weighted by Crippen LogP contribution is -2.39. The van der Waals surface area contributed by atoms with Gasteiger partial charge in [-0.2, -0.15) is 0 Å². The Kier molecular flexibility index (Phi) is 7.72. The second-order valence-corrected chi connectivity index (χ2v) is 8.17. The highest BCUT2D eigenvalue weighted by molar-refractivity contribution is 5.61. The molecule has 0 aromatic heterocycles. The van der Waals surface area contributed by atoms with Crippen molar-refractivity contribution in [3.8, 4) is 23.0 Å². The Bertz CT molecular complexity index is 1040.